The first-order valence-electron chi connectivity index (χ1n) is 7.94. The minimum absolute atomic E-state index is 0.0343. The first-order chi connectivity index (χ1) is 12.0. The quantitative estimate of drug-likeness (QED) is 0.541. The highest BCUT2D eigenvalue weighted by Crippen LogP contribution is 2.21. The van der Waals surface area contributed by atoms with Crippen LogP contribution >= 0.6 is 0 Å². The van der Waals surface area contributed by atoms with Crippen LogP contribution in [0.3, 0.4) is 0 Å². The zero-order valence-electron chi connectivity index (χ0n) is 14.0. The van der Waals surface area contributed by atoms with Crippen LogP contribution in [0.15, 0.2) is 59.9 Å². The van der Waals surface area contributed by atoms with Crippen LogP contribution in [0.1, 0.15) is 18.6 Å². The minimum atomic E-state index is -0.429. The number of hydrogen-bond donors (Lipinski definition) is 0. The lowest BCUT2D eigenvalue weighted by Gasteiger charge is -2.09. The van der Waals surface area contributed by atoms with Gasteiger partial charge in [0.2, 0.25) is 0 Å². The predicted molar refractivity (Wildman–Crippen MR) is 94.3 cm³/mol. The summed E-state index contributed by atoms with van der Waals surface area (Å²) in [7, 11) is 0. The average molecular weight is 338 g/mol. The molecule has 3 aromatic rings. The van der Waals surface area contributed by atoms with Gasteiger partial charge < -0.3 is 4.57 Å². The van der Waals surface area contributed by atoms with E-state index in [2.05, 4.69) is 4.99 Å². The van der Waals surface area contributed by atoms with Crippen molar-refractivity contribution in [1.82, 2.24) is 9.13 Å². The molecule has 0 aliphatic heterocycles. The molecule has 3 rings (SSSR count). The summed E-state index contributed by atoms with van der Waals surface area (Å²) in [6.45, 7) is 4.03. The zero-order chi connectivity index (χ0) is 18.0. The van der Waals surface area contributed by atoms with Gasteiger partial charge in [0.05, 0.1) is 4.92 Å². The molecule has 0 bridgehead atoms. The number of carbonyl (C=O) groups is 1. The van der Waals surface area contributed by atoms with Crippen molar-refractivity contribution < 1.29 is 9.72 Å². The van der Waals surface area contributed by atoms with Crippen molar-refractivity contribution in [2.75, 3.05) is 0 Å². The molecule has 7 nitrogen and oxygen atoms in total. The summed E-state index contributed by atoms with van der Waals surface area (Å²) >= 11 is 0. The summed E-state index contributed by atoms with van der Waals surface area (Å²) in [5, 5.41) is 11.6. The van der Waals surface area contributed by atoms with Crippen LogP contribution in [-0.4, -0.2) is 26.0 Å². The number of fused-ring (bicyclic) bond motifs is 1. The average Bonchev–Trinajstić information content (AvgIpc) is 2.97. The summed E-state index contributed by atoms with van der Waals surface area (Å²) in [5.41, 5.74) is 1.42. The molecule has 2 aromatic heterocycles. The smallest absolute Gasteiger partial charge is 0.270 e. The molecule has 0 aliphatic carbocycles. The summed E-state index contributed by atoms with van der Waals surface area (Å²) in [6.07, 6.45) is 3.45. The van der Waals surface area contributed by atoms with Crippen LogP contribution in [0.5, 0.6) is 0 Å². The SMILES string of the molecule is CC(C)N=c1ccccn1C(=O)Cn1ccc2cc([N+](=O)[O-])ccc21. The molecule has 0 unspecified atom stereocenters. The summed E-state index contributed by atoms with van der Waals surface area (Å²) < 4.78 is 3.30. The maximum Gasteiger partial charge on any atom is 0.270 e. The summed E-state index contributed by atoms with van der Waals surface area (Å²) in [6, 6.07) is 11.9. The Kier molecular flexibility index (Phi) is 4.47. The number of non-ortho nitro benzene ring substituents is 1. The molecule has 0 N–H and O–H groups in total. The largest absolute Gasteiger partial charge is 0.338 e. The Morgan fingerprint density at radius 1 is 1.20 bits per heavy atom. The van der Waals surface area contributed by atoms with Crippen LogP contribution < -0.4 is 5.49 Å². The van der Waals surface area contributed by atoms with Crippen LogP contribution in [0.25, 0.3) is 10.9 Å². The van der Waals surface area contributed by atoms with Gasteiger partial charge >= 0.3 is 0 Å². The second-order valence-electron chi connectivity index (χ2n) is 5.99. The molecule has 0 saturated heterocycles. The normalized spacial score (nSPS) is 12.0. The fraction of sp³-hybridized carbons (Fsp3) is 0.222. The van der Waals surface area contributed by atoms with Gasteiger partial charge in [-0.2, -0.15) is 0 Å². The van der Waals surface area contributed by atoms with E-state index in [-0.39, 0.29) is 24.2 Å². The van der Waals surface area contributed by atoms with Crippen molar-refractivity contribution in [2.24, 2.45) is 4.99 Å². The maximum absolute atomic E-state index is 12.7. The first kappa shape index (κ1) is 16.6. The van der Waals surface area contributed by atoms with Crippen molar-refractivity contribution >= 4 is 22.5 Å². The molecule has 0 amide bonds. The van der Waals surface area contributed by atoms with Crippen molar-refractivity contribution in [3.63, 3.8) is 0 Å². The summed E-state index contributed by atoms with van der Waals surface area (Å²) in [5.74, 6) is -0.129. The lowest BCUT2D eigenvalue weighted by atomic mass is 10.2. The van der Waals surface area contributed by atoms with Gasteiger partial charge in [-0.05, 0) is 38.1 Å². The maximum atomic E-state index is 12.7. The Bertz CT molecular complexity index is 1010. The third kappa shape index (κ3) is 3.50. The number of nitro groups is 1. The van der Waals surface area contributed by atoms with Gasteiger partial charge in [-0.1, -0.05) is 6.07 Å². The monoisotopic (exact) mass is 338 g/mol. The Balaban J connectivity index is 1.95. The van der Waals surface area contributed by atoms with Crippen LogP contribution in [-0.2, 0) is 6.54 Å². The van der Waals surface area contributed by atoms with Gasteiger partial charge in [0, 0.05) is 41.5 Å². The van der Waals surface area contributed by atoms with Gasteiger partial charge in [-0.25, -0.2) is 0 Å². The third-order valence-corrected chi connectivity index (χ3v) is 3.77. The van der Waals surface area contributed by atoms with E-state index in [9.17, 15) is 14.9 Å². The fourth-order valence-electron chi connectivity index (χ4n) is 2.68. The fourth-order valence-corrected chi connectivity index (χ4v) is 2.68. The Morgan fingerprint density at radius 3 is 2.72 bits per heavy atom. The van der Waals surface area contributed by atoms with Crippen LogP contribution in [0.4, 0.5) is 5.69 Å². The predicted octanol–water partition coefficient (Wildman–Crippen LogP) is 3.00. The molecule has 0 radical (unpaired) electrons. The van der Waals surface area contributed by atoms with Gasteiger partial charge in [-0.15, -0.1) is 0 Å². The molecule has 25 heavy (non-hydrogen) atoms. The van der Waals surface area contributed by atoms with E-state index in [1.54, 1.807) is 41.2 Å². The lowest BCUT2D eigenvalue weighted by Crippen LogP contribution is -2.30. The van der Waals surface area contributed by atoms with Crippen molar-refractivity contribution in [2.45, 2.75) is 26.4 Å². The number of carbonyl (C=O) groups excluding carboxylic acids is 1. The molecular formula is C18H18N4O3. The first-order valence-corrected chi connectivity index (χ1v) is 7.94. The Hall–Kier alpha value is -3.22. The number of hydrogen-bond acceptors (Lipinski definition) is 4. The van der Waals surface area contributed by atoms with Crippen LogP contribution in [0, 0.1) is 10.1 Å². The molecule has 0 atom stereocenters. The molecule has 0 aliphatic rings. The van der Waals surface area contributed by atoms with Gasteiger partial charge in [-0.3, -0.25) is 24.5 Å². The number of benzene rings is 1. The van der Waals surface area contributed by atoms with Crippen molar-refractivity contribution in [3.05, 3.63) is 70.5 Å². The molecule has 0 saturated carbocycles. The van der Waals surface area contributed by atoms with Crippen LogP contribution in [0.2, 0.25) is 0 Å². The third-order valence-electron chi connectivity index (χ3n) is 3.77. The van der Waals surface area contributed by atoms with E-state index in [1.807, 2.05) is 19.9 Å². The zero-order valence-corrected chi connectivity index (χ0v) is 14.0. The number of rotatable bonds is 4. The molecular weight excluding hydrogens is 320 g/mol. The molecule has 0 fully saturated rings. The molecule has 0 spiro atoms. The molecule has 1 aromatic carbocycles. The van der Waals surface area contributed by atoms with E-state index in [0.29, 0.717) is 5.49 Å². The standard InChI is InChI=1S/C18H18N4O3/c1-13(2)19-17-5-3-4-9-21(17)18(23)12-20-10-8-14-11-15(22(24)25)6-7-16(14)20/h3-11,13H,12H2,1-2H3. The highest BCUT2D eigenvalue weighted by atomic mass is 16.6. The molecule has 7 heteroatoms. The highest BCUT2D eigenvalue weighted by molar-refractivity contribution is 5.85. The number of pyridine rings is 1. The highest BCUT2D eigenvalue weighted by Gasteiger charge is 2.12. The number of aromatic nitrogens is 2. The van der Waals surface area contributed by atoms with E-state index < -0.39 is 4.92 Å². The van der Waals surface area contributed by atoms with E-state index in [0.717, 1.165) is 10.9 Å². The topological polar surface area (TPSA) is 82.4 Å². The van der Waals surface area contributed by atoms with E-state index in [4.69, 9.17) is 0 Å². The lowest BCUT2D eigenvalue weighted by molar-refractivity contribution is -0.384. The van der Waals surface area contributed by atoms with Gasteiger partial charge in [0.25, 0.3) is 11.6 Å². The van der Waals surface area contributed by atoms with Crippen molar-refractivity contribution in [1.29, 1.82) is 0 Å². The molecule has 2 heterocycles. The van der Waals surface area contributed by atoms with Gasteiger partial charge in [0.15, 0.2) is 0 Å². The molecule has 128 valence electrons. The van der Waals surface area contributed by atoms with Gasteiger partial charge in [0.1, 0.15) is 12.0 Å². The van der Waals surface area contributed by atoms with E-state index >= 15 is 0 Å². The second kappa shape index (κ2) is 6.72. The second-order valence-corrected chi connectivity index (χ2v) is 5.99. The Morgan fingerprint density at radius 2 is 2.00 bits per heavy atom. The Labute approximate surface area is 144 Å². The van der Waals surface area contributed by atoms with Crippen molar-refractivity contribution in [3.8, 4) is 0 Å². The summed E-state index contributed by atoms with van der Waals surface area (Å²) in [4.78, 5) is 27.6. The minimum Gasteiger partial charge on any atom is -0.338 e. The number of nitro benzene ring substituents is 1. The number of nitrogens with zero attached hydrogens (tertiary/aromatic N) is 4. The van der Waals surface area contributed by atoms with E-state index in [1.165, 1.54) is 16.7 Å².